The Balaban J connectivity index is 0.000000305. The molecule has 0 amide bonds. The first-order chi connectivity index (χ1) is 31.1. The second-order valence-electron chi connectivity index (χ2n) is 31.9. The predicted molar refractivity (Wildman–Crippen MR) is 313 cm³/mol. The van der Waals surface area contributed by atoms with E-state index < -0.39 is 25.4 Å². The molecule has 1 aliphatic carbocycles. The standard InChI is InChI=1S/C13H25NO.C12H25NO.C11H23NO2S.C11H23NOS.C11H23NS/c1-12(2,3)14-7-9-10(8-14)11(9)15-13(4,5)6;1-11(2,3)13-7-10(8-13)9-14-12(4,5)6;1-10(2,3)12-7-9(8-12)15(13,14)11(4,5)6;1-10(2,3)12-7-9(8-12)14(13)11(4,5)6;1-10(2,3)12-7-9(8-12)13-11(4,5)6/h9-11H,7-8H2,1-6H3;10H,7-9H2,1-6H3;9H,7-8H2,1-6H3;9H,7-8H2,1-6H3;9H,7-8H2,1-6H3. The number of fused-ring (bicyclic) bond motifs is 1. The van der Waals surface area contributed by atoms with Crippen molar-refractivity contribution in [3.05, 3.63) is 0 Å². The predicted octanol–water partition coefficient (Wildman–Crippen LogP) is 11.8. The molecule has 71 heavy (non-hydrogen) atoms. The van der Waals surface area contributed by atoms with Crippen molar-refractivity contribution in [1.29, 1.82) is 0 Å². The summed E-state index contributed by atoms with van der Waals surface area (Å²) in [5.41, 5.74) is 1.40. The maximum atomic E-state index is 12.1. The third kappa shape index (κ3) is 22.2. The third-order valence-corrected chi connectivity index (χ3v) is 20.7. The van der Waals surface area contributed by atoms with Crippen LogP contribution >= 0.6 is 11.8 Å². The Morgan fingerprint density at radius 3 is 1.11 bits per heavy atom. The van der Waals surface area contributed by atoms with Crippen LogP contribution in [0.3, 0.4) is 0 Å². The average molecular weight is 1060 g/mol. The molecule has 6 aliphatic rings. The number of sulfone groups is 1. The minimum atomic E-state index is -2.97. The van der Waals surface area contributed by atoms with Gasteiger partial charge in [0.2, 0.25) is 0 Å². The maximum Gasteiger partial charge on any atom is 0.160 e. The van der Waals surface area contributed by atoms with E-state index in [2.05, 4.69) is 223 Å². The van der Waals surface area contributed by atoms with E-state index in [1.54, 1.807) is 20.8 Å². The third-order valence-electron chi connectivity index (χ3n) is 14.3. The molecule has 0 N–H and O–H groups in total. The van der Waals surface area contributed by atoms with Gasteiger partial charge in [-0.25, -0.2) is 8.42 Å². The van der Waals surface area contributed by atoms with Crippen LogP contribution in [0.25, 0.3) is 0 Å². The second kappa shape index (κ2) is 23.6. The maximum absolute atomic E-state index is 12.1. The van der Waals surface area contributed by atoms with Crippen molar-refractivity contribution in [3.63, 3.8) is 0 Å². The molecule has 6 rings (SSSR count). The van der Waals surface area contributed by atoms with Crippen LogP contribution in [-0.4, -0.2) is 184 Å². The molecule has 0 aromatic carbocycles. The first-order valence-corrected chi connectivity index (χ1v) is 31.2. The zero-order valence-corrected chi connectivity index (χ0v) is 54.8. The van der Waals surface area contributed by atoms with Crippen LogP contribution in [0.1, 0.15) is 208 Å². The van der Waals surface area contributed by atoms with Crippen molar-refractivity contribution in [2.45, 2.75) is 283 Å². The number of piperidine rings is 1. The van der Waals surface area contributed by atoms with Crippen molar-refractivity contribution in [1.82, 2.24) is 24.5 Å². The number of hydrogen-bond acceptors (Lipinski definition) is 11. The van der Waals surface area contributed by atoms with Crippen LogP contribution < -0.4 is 0 Å². The molecule has 3 unspecified atom stereocenters. The number of rotatable bonds is 6. The summed E-state index contributed by atoms with van der Waals surface area (Å²) in [5.74, 6) is 2.36. The molecule has 0 aromatic heterocycles. The van der Waals surface area contributed by atoms with Gasteiger partial charge in [0.05, 0.1) is 39.2 Å². The van der Waals surface area contributed by atoms with E-state index in [0.29, 0.717) is 45.8 Å². The molecule has 10 nitrogen and oxygen atoms in total. The molecule has 6 fully saturated rings. The lowest BCUT2D eigenvalue weighted by atomic mass is 9.93. The topological polar surface area (TPSA) is 85.9 Å². The molecular formula is C58H119N5O5S3. The van der Waals surface area contributed by atoms with Gasteiger partial charge in [0.1, 0.15) is 0 Å². The summed E-state index contributed by atoms with van der Waals surface area (Å²) >= 11 is 2.12. The molecule has 5 saturated heterocycles. The van der Waals surface area contributed by atoms with Crippen molar-refractivity contribution in [3.8, 4) is 0 Å². The largest absolute Gasteiger partial charge is 0.375 e. The van der Waals surface area contributed by atoms with E-state index in [0.717, 1.165) is 42.7 Å². The Kier molecular flexibility index (Phi) is 22.4. The Morgan fingerprint density at radius 1 is 0.465 bits per heavy atom. The SMILES string of the molecule is CC(C)(C)N1CC(S(=O)(=O)C(C)(C)C)C1.CC(C)(C)N1CC(S(=O)C(C)(C)C)C1.CC(C)(C)OC1C2CN(C(C)(C)C)CC21.CC(C)(C)OCC1CN(C(C)(C)C)C1.CC(C)(C)SC1CN(C(C)(C)C)C1. The van der Waals surface area contributed by atoms with E-state index in [4.69, 9.17) is 9.47 Å². The summed E-state index contributed by atoms with van der Waals surface area (Å²) < 4.78 is 47.7. The van der Waals surface area contributed by atoms with Gasteiger partial charge in [-0.2, -0.15) is 0 Å². The van der Waals surface area contributed by atoms with Gasteiger partial charge in [-0.05, 0) is 187 Å². The molecule has 5 heterocycles. The van der Waals surface area contributed by atoms with Gasteiger partial charge in [-0.1, -0.05) is 20.8 Å². The molecule has 13 heteroatoms. The molecule has 0 aromatic rings. The Morgan fingerprint density at radius 2 is 0.803 bits per heavy atom. The van der Waals surface area contributed by atoms with E-state index in [1.807, 2.05) is 0 Å². The highest BCUT2D eigenvalue weighted by Crippen LogP contribution is 2.51. The lowest BCUT2D eigenvalue weighted by Crippen LogP contribution is -2.63. The second-order valence-corrected chi connectivity index (χ2v) is 39.4. The normalized spacial score (nSPS) is 25.0. The lowest BCUT2D eigenvalue weighted by Gasteiger charge is -2.48. The summed E-state index contributed by atoms with van der Waals surface area (Å²) in [5, 5.41) is 1.07. The summed E-state index contributed by atoms with van der Waals surface area (Å²) in [7, 11) is -3.67. The molecule has 0 bridgehead atoms. The number of nitrogens with zero attached hydrogens (tertiary/aromatic N) is 5. The van der Waals surface area contributed by atoms with Crippen LogP contribution in [0.4, 0.5) is 0 Å². The fourth-order valence-corrected chi connectivity index (χ4v) is 13.9. The number of hydrogen-bond donors (Lipinski definition) is 0. The van der Waals surface area contributed by atoms with Gasteiger partial charge < -0.3 is 9.47 Å². The van der Waals surface area contributed by atoms with Crippen LogP contribution in [-0.2, 0) is 30.1 Å². The molecule has 5 aliphatic heterocycles. The zero-order chi connectivity index (χ0) is 55.9. The van der Waals surface area contributed by atoms with E-state index >= 15 is 0 Å². The smallest absolute Gasteiger partial charge is 0.160 e. The van der Waals surface area contributed by atoms with Crippen LogP contribution in [0.5, 0.6) is 0 Å². The lowest BCUT2D eigenvalue weighted by molar-refractivity contribution is -0.0758. The highest BCUT2D eigenvalue weighted by atomic mass is 32.2. The van der Waals surface area contributed by atoms with Crippen LogP contribution in [0.15, 0.2) is 0 Å². The molecule has 3 atom stereocenters. The minimum Gasteiger partial charge on any atom is -0.375 e. The van der Waals surface area contributed by atoms with E-state index in [-0.39, 0.29) is 32.3 Å². The number of likely N-dealkylation sites (tertiary alicyclic amines) is 5. The molecular weight excluding hydrogens is 943 g/mol. The monoisotopic (exact) mass is 1060 g/mol. The van der Waals surface area contributed by atoms with Gasteiger partial charge in [-0.3, -0.25) is 28.7 Å². The van der Waals surface area contributed by atoms with Crippen molar-refractivity contribution in [2.75, 3.05) is 72.1 Å². The number of ether oxygens (including phenoxy) is 2. The van der Waals surface area contributed by atoms with Crippen molar-refractivity contribution >= 4 is 32.4 Å². The first kappa shape index (κ1) is 67.3. The summed E-state index contributed by atoms with van der Waals surface area (Å²) in [4.78, 5) is 12.2. The quantitative estimate of drug-likeness (QED) is 0.255. The summed E-state index contributed by atoms with van der Waals surface area (Å²) in [6.07, 6.45) is 0.545. The minimum absolute atomic E-state index is 0.0160. The van der Waals surface area contributed by atoms with Gasteiger partial charge in [0, 0.05) is 136 Å². The molecule has 424 valence electrons. The highest BCUT2D eigenvalue weighted by molar-refractivity contribution is 8.01. The van der Waals surface area contributed by atoms with E-state index in [9.17, 15) is 12.6 Å². The van der Waals surface area contributed by atoms with Crippen molar-refractivity contribution in [2.24, 2.45) is 17.8 Å². The van der Waals surface area contributed by atoms with Gasteiger partial charge >= 0.3 is 0 Å². The number of thioether (sulfide) groups is 1. The molecule has 0 spiro atoms. The van der Waals surface area contributed by atoms with Crippen LogP contribution in [0, 0.1) is 17.8 Å². The Labute approximate surface area is 449 Å². The van der Waals surface area contributed by atoms with Gasteiger partial charge in [0.25, 0.3) is 0 Å². The van der Waals surface area contributed by atoms with Crippen molar-refractivity contribution < 1.29 is 22.1 Å². The van der Waals surface area contributed by atoms with Gasteiger partial charge in [-0.15, -0.1) is 11.8 Å². The fraction of sp³-hybridized carbons (Fsp3) is 1.00. The Bertz CT molecular complexity index is 1750. The highest BCUT2D eigenvalue weighted by Gasteiger charge is 2.59. The summed E-state index contributed by atoms with van der Waals surface area (Å²) in [6, 6.07) is 0. The van der Waals surface area contributed by atoms with Gasteiger partial charge in [0.15, 0.2) is 9.84 Å². The summed E-state index contributed by atoms with van der Waals surface area (Å²) in [6.45, 7) is 76.5. The fourth-order valence-electron chi connectivity index (χ4n) is 9.06. The first-order valence-electron chi connectivity index (χ1n) is 27.5. The Hall–Kier alpha value is 0.170. The zero-order valence-electron chi connectivity index (χ0n) is 52.3. The van der Waals surface area contributed by atoms with Crippen LogP contribution in [0.2, 0.25) is 0 Å². The van der Waals surface area contributed by atoms with E-state index in [1.165, 1.54) is 39.3 Å². The average Bonchev–Trinajstić information content (AvgIpc) is 3.39. The molecule has 1 saturated carbocycles. The molecule has 0 radical (unpaired) electrons.